The molecule has 1 amide bonds. The van der Waals surface area contributed by atoms with Gasteiger partial charge in [-0.1, -0.05) is 54.1 Å². The van der Waals surface area contributed by atoms with Gasteiger partial charge in [-0.2, -0.15) is 0 Å². The average Bonchev–Trinajstić information content (AvgIpc) is 3.04. The Morgan fingerprint density at radius 3 is 2.66 bits per heavy atom. The number of rotatable bonds is 8. The average molecular weight is 393 g/mol. The number of amides is 1. The van der Waals surface area contributed by atoms with E-state index in [1.54, 1.807) is 30.3 Å². The van der Waals surface area contributed by atoms with Crippen LogP contribution in [0.15, 0.2) is 60.7 Å². The molecule has 29 heavy (non-hydrogen) atoms. The highest BCUT2D eigenvalue weighted by molar-refractivity contribution is 5.87. The van der Waals surface area contributed by atoms with Crippen LogP contribution in [0, 0.1) is 6.92 Å². The summed E-state index contributed by atoms with van der Waals surface area (Å²) in [7, 11) is 0. The van der Waals surface area contributed by atoms with Crippen LogP contribution >= 0.6 is 0 Å². The summed E-state index contributed by atoms with van der Waals surface area (Å²) in [6.45, 7) is 2.61. The van der Waals surface area contributed by atoms with E-state index in [9.17, 15) is 14.7 Å². The molecule has 2 N–H and O–H groups in total. The molecule has 2 atom stereocenters. The van der Waals surface area contributed by atoms with Crippen LogP contribution in [0.5, 0.6) is 0 Å². The van der Waals surface area contributed by atoms with Crippen LogP contribution in [-0.2, 0) is 17.6 Å². The third-order valence-electron chi connectivity index (χ3n) is 5.30. The summed E-state index contributed by atoms with van der Waals surface area (Å²) in [5.74, 6) is -0.823. The third kappa shape index (κ3) is 5.78. The first kappa shape index (κ1) is 20.8. The van der Waals surface area contributed by atoms with Crippen LogP contribution in [0.25, 0.3) is 0 Å². The molecule has 2 aromatic carbocycles. The molecule has 5 heteroatoms. The maximum atomic E-state index is 12.3. The Hall–Kier alpha value is -2.92. The predicted molar refractivity (Wildman–Crippen MR) is 112 cm³/mol. The molecule has 1 saturated heterocycles. The molecular formula is C24H27NO4. The van der Waals surface area contributed by atoms with Crippen LogP contribution in [0.1, 0.15) is 39.9 Å². The van der Waals surface area contributed by atoms with Crippen LogP contribution in [0.4, 0.5) is 0 Å². The molecule has 0 spiro atoms. The number of carboxylic acids is 1. The molecule has 1 fully saturated rings. The van der Waals surface area contributed by atoms with E-state index in [2.05, 4.69) is 6.07 Å². The number of hydrogen-bond acceptors (Lipinski definition) is 3. The lowest BCUT2D eigenvalue weighted by Gasteiger charge is -2.23. The van der Waals surface area contributed by atoms with E-state index in [0.717, 1.165) is 17.5 Å². The second kappa shape index (κ2) is 9.52. The maximum absolute atomic E-state index is 12.3. The molecule has 0 aliphatic carbocycles. The number of benzene rings is 2. The van der Waals surface area contributed by atoms with Crippen molar-refractivity contribution in [2.45, 2.75) is 44.8 Å². The standard InChI is InChI=1S/C24H27NO4/c1-17-3-2-4-19(15-17)16-22(26)11-9-21-10-12-23(27)25(21)14-13-18-5-7-20(8-6-18)24(28)29/h2-9,11,15,21-22,26H,10,12-14,16H2,1H3,(H,28,29)/t21-,22+/m0/s1. The zero-order valence-electron chi connectivity index (χ0n) is 16.6. The number of carbonyl (C=O) groups excluding carboxylic acids is 1. The molecule has 5 nitrogen and oxygen atoms in total. The molecular weight excluding hydrogens is 366 g/mol. The van der Waals surface area contributed by atoms with Gasteiger partial charge < -0.3 is 15.1 Å². The van der Waals surface area contributed by atoms with Crippen LogP contribution in [0.2, 0.25) is 0 Å². The SMILES string of the molecule is Cc1cccc(C[C@H](O)C=C[C@H]2CCC(=O)N2CCc2ccc(C(=O)O)cc2)c1. The first-order chi connectivity index (χ1) is 13.9. The first-order valence-electron chi connectivity index (χ1n) is 9.96. The number of aliphatic hydroxyl groups excluding tert-OH is 1. The maximum Gasteiger partial charge on any atom is 0.335 e. The highest BCUT2D eigenvalue weighted by atomic mass is 16.4. The van der Waals surface area contributed by atoms with E-state index in [1.165, 1.54) is 5.56 Å². The normalized spacial score (nSPS) is 17.8. The van der Waals surface area contributed by atoms with Gasteiger partial charge in [-0.25, -0.2) is 4.79 Å². The number of carbonyl (C=O) groups is 2. The quantitative estimate of drug-likeness (QED) is 0.674. The fourth-order valence-electron chi connectivity index (χ4n) is 3.72. The Bertz CT molecular complexity index is 888. The van der Waals surface area contributed by atoms with Crippen molar-refractivity contribution >= 4 is 11.9 Å². The Morgan fingerprint density at radius 1 is 1.21 bits per heavy atom. The highest BCUT2D eigenvalue weighted by Crippen LogP contribution is 2.21. The van der Waals surface area contributed by atoms with E-state index in [1.807, 2.05) is 36.1 Å². The summed E-state index contributed by atoms with van der Waals surface area (Å²) in [4.78, 5) is 25.1. The minimum atomic E-state index is -0.944. The monoisotopic (exact) mass is 393 g/mol. The van der Waals surface area contributed by atoms with Gasteiger partial charge in [-0.05, 0) is 43.0 Å². The molecule has 1 heterocycles. The number of nitrogens with zero attached hydrogens (tertiary/aromatic N) is 1. The number of aliphatic hydroxyl groups is 1. The largest absolute Gasteiger partial charge is 0.478 e. The van der Waals surface area contributed by atoms with Crippen molar-refractivity contribution in [3.8, 4) is 0 Å². The fourth-order valence-corrected chi connectivity index (χ4v) is 3.72. The van der Waals surface area contributed by atoms with Crippen molar-refractivity contribution in [2.24, 2.45) is 0 Å². The number of aryl methyl sites for hydroxylation is 1. The zero-order chi connectivity index (χ0) is 20.8. The van der Waals surface area contributed by atoms with Crippen LogP contribution < -0.4 is 0 Å². The second-order valence-electron chi connectivity index (χ2n) is 7.59. The van der Waals surface area contributed by atoms with Crippen molar-refractivity contribution in [1.29, 1.82) is 0 Å². The predicted octanol–water partition coefficient (Wildman–Crippen LogP) is 3.39. The van der Waals surface area contributed by atoms with Gasteiger partial charge in [0.05, 0.1) is 17.7 Å². The molecule has 1 aliphatic heterocycles. The first-order valence-corrected chi connectivity index (χ1v) is 9.96. The van der Waals surface area contributed by atoms with Crippen molar-refractivity contribution < 1.29 is 19.8 Å². The van der Waals surface area contributed by atoms with Gasteiger partial charge in [0.1, 0.15) is 0 Å². The van der Waals surface area contributed by atoms with E-state index >= 15 is 0 Å². The second-order valence-corrected chi connectivity index (χ2v) is 7.59. The highest BCUT2D eigenvalue weighted by Gasteiger charge is 2.28. The van der Waals surface area contributed by atoms with Gasteiger partial charge in [0.2, 0.25) is 5.91 Å². The molecule has 0 radical (unpaired) electrons. The Balaban J connectivity index is 1.56. The van der Waals surface area contributed by atoms with Crippen LogP contribution in [0.3, 0.4) is 0 Å². The van der Waals surface area contributed by atoms with Crippen molar-refractivity contribution in [2.75, 3.05) is 6.54 Å². The zero-order valence-corrected chi connectivity index (χ0v) is 16.6. The molecule has 0 saturated carbocycles. The summed E-state index contributed by atoms with van der Waals surface area (Å²) in [5, 5.41) is 19.3. The Morgan fingerprint density at radius 2 is 1.97 bits per heavy atom. The molecule has 1 aliphatic rings. The Labute approximate surface area is 171 Å². The van der Waals surface area contributed by atoms with E-state index < -0.39 is 12.1 Å². The number of hydrogen-bond donors (Lipinski definition) is 2. The van der Waals surface area contributed by atoms with E-state index in [-0.39, 0.29) is 17.5 Å². The van der Waals surface area contributed by atoms with E-state index in [4.69, 9.17) is 5.11 Å². The molecule has 152 valence electrons. The molecule has 2 aromatic rings. The van der Waals surface area contributed by atoms with Gasteiger partial charge in [0, 0.05) is 19.4 Å². The summed E-state index contributed by atoms with van der Waals surface area (Å²) in [6, 6.07) is 14.8. The molecule has 0 unspecified atom stereocenters. The smallest absolute Gasteiger partial charge is 0.335 e. The van der Waals surface area contributed by atoms with Crippen molar-refractivity contribution in [3.05, 3.63) is 82.9 Å². The van der Waals surface area contributed by atoms with Gasteiger partial charge in [0.25, 0.3) is 0 Å². The van der Waals surface area contributed by atoms with Gasteiger partial charge in [-0.3, -0.25) is 4.79 Å². The number of likely N-dealkylation sites (tertiary alicyclic amines) is 1. The lowest BCUT2D eigenvalue weighted by atomic mass is 10.0. The van der Waals surface area contributed by atoms with Crippen LogP contribution in [-0.4, -0.2) is 45.7 Å². The Kier molecular flexibility index (Phi) is 6.83. The number of aromatic carboxylic acids is 1. The fraction of sp³-hybridized carbons (Fsp3) is 0.333. The molecule has 3 rings (SSSR count). The lowest BCUT2D eigenvalue weighted by Crippen LogP contribution is -2.33. The summed E-state index contributed by atoms with van der Waals surface area (Å²) < 4.78 is 0. The topological polar surface area (TPSA) is 77.8 Å². The summed E-state index contributed by atoms with van der Waals surface area (Å²) in [5.41, 5.74) is 3.51. The van der Waals surface area contributed by atoms with E-state index in [0.29, 0.717) is 25.8 Å². The van der Waals surface area contributed by atoms with Gasteiger partial charge in [0.15, 0.2) is 0 Å². The minimum Gasteiger partial charge on any atom is -0.478 e. The van der Waals surface area contributed by atoms with Crippen molar-refractivity contribution in [1.82, 2.24) is 4.90 Å². The molecule has 0 bridgehead atoms. The van der Waals surface area contributed by atoms with Crippen molar-refractivity contribution in [3.63, 3.8) is 0 Å². The number of carboxylic acid groups (broad SMARTS) is 1. The van der Waals surface area contributed by atoms with Gasteiger partial charge in [-0.15, -0.1) is 0 Å². The lowest BCUT2D eigenvalue weighted by molar-refractivity contribution is -0.128. The summed E-state index contributed by atoms with van der Waals surface area (Å²) >= 11 is 0. The minimum absolute atomic E-state index is 0.00653. The van der Waals surface area contributed by atoms with Gasteiger partial charge >= 0.3 is 5.97 Å². The molecule has 0 aromatic heterocycles. The third-order valence-corrected chi connectivity index (χ3v) is 5.30. The summed E-state index contributed by atoms with van der Waals surface area (Å²) in [6.07, 6.45) is 5.64.